The van der Waals surface area contributed by atoms with E-state index in [9.17, 15) is 4.79 Å². The van der Waals surface area contributed by atoms with Gasteiger partial charge in [-0.05, 0) is 29.8 Å². The van der Waals surface area contributed by atoms with Gasteiger partial charge in [0, 0.05) is 36.3 Å². The normalized spacial score (nSPS) is 10.6. The second kappa shape index (κ2) is 5.61. The molecule has 0 spiro atoms. The van der Waals surface area contributed by atoms with Crippen molar-refractivity contribution in [2.45, 2.75) is 12.8 Å². The van der Waals surface area contributed by atoms with E-state index in [2.05, 4.69) is 9.97 Å². The highest BCUT2D eigenvalue weighted by Gasteiger charge is 2.08. The highest BCUT2D eigenvalue weighted by molar-refractivity contribution is 5.89. The summed E-state index contributed by atoms with van der Waals surface area (Å²) in [5.74, 6) is 0.167. The zero-order valence-corrected chi connectivity index (χ0v) is 11.0. The van der Waals surface area contributed by atoms with Crippen LogP contribution in [0.4, 0.5) is 0 Å². The van der Waals surface area contributed by atoms with E-state index in [-0.39, 0.29) is 5.78 Å². The van der Waals surface area contributed by atoms with Crippen molar-refractivity contribution in [3.63, 3.8) is 0 Å². The van der Waals surface area contributed by atoms with Gasteiger partial charge in [-0.15, -0.1) is 0 Å². The lowest BCUT2D eigenvalue weighted by molar-refractivity contribution is -0.117. The summed E-state index contributed by atoms with van der Waals surface area (Å²) in [6, 6.07) is 15.4. The van der Waals surface area contributed by atoms with E-state index in [0.717, 1.165) is 22.2 Å². The first-order valence-electron chi connectivity index (χ1n) is 6.57. The Balaban J connectivity index is 1.81. The number of hydrogen-bond donors (Lipinski definition) is 0. The zero-order valence-electron chi connectivity index (χ0n) is 11.0. The van der Waals surface area contributed by atoms with Gasteiger partial charge in [0.05, 0.1) is 5.52 Å². The summed E-state index contributed by atoms with van der Waals surface area (Å²) in [6.45, 7) is 0. The quantitative estimate of drug-likeness (QED) is 0.726. The summed E-state index contributed by atoms with van der Waals surface area (Å²) in [5, 5.41) is 1.05. The van der Waals surface area contributed by atoms with Crippen molar-refractivity contribution in [1.29, 1.82) is 0 Å². The molecule has 0 amide bonds. The van der Waals surface area contributed by atoms with E-state index < -0.39 is 0 Å². The minimum absolute atomic E-state index is 0.167. The van der Waals surface area contributed by atoms with Crippen molar-refractivity contribution in [3.05, 3.63) is 72.2 Å². The Bertz CT molecular complexity index is 733. The molecular formula is C17H14N2O. The predicted molar refractivity (Wildman–Crippen MR) is 78.4 cm³/mol. The molecule has 20 heavy (non-hydrogen) atoms. The number of Topliss-reactive ketones (excluding diaryl/α,β-unsaturated/α-hetero) is 1. The molecule has 3 aromatic rings. The van der Waals surface area contributed by atoms with Crippen LogP contribution in [-0.4, -0.2) is 15.8 Å². The lowest BCUT2D eigenvalue weighted by atomic mass is 10.0. The highest BCUT2D eigenvalue weighted by atomic mass is 16.1. The van der Waals surface area contributed by atoms with Crippen LogP contribution in [0.5, 0.6) is 0 Å². The van der Waals surface area contributed by atoms with Gasteiger partial charge in [0.2, 0.25) is 0 Å². The van der Waals surface area contributed by atoms with E-state index in [1.165, 1.54) is 0 Å². The molecule has 2 aromatic heterocycles. The number of aromatic nitrogens is 2. The lowest BCUT2D eigenvalue weighted by Gasteiger charge is -2.05. The molecule has 0 bridgehead atoms. The number of pyridine rings is 2. The smallest absolute Gasteiger partial charge is 0.143 e. The molecule has 3 nitrogen and oxygen atoms in total. The van der Waals surface area contributed by atoms with Gasteiger partial charge in [-0.25, -0.2) is 0 Å². The molecule has 0 saturated heterocycles. The molecule has 3 rings (SSSR count). The van der Waals surface area contributed by atoms with Gasteiger partial charge >= 0.3 is 0 Å². The number of benzene rings is 1. The van der Waals surface area contributed by atoms with Crippen LogP contribution >= 0.6 is 0 Å². The minimum Gasteiger partial charge on any atom is -0.299 e. The van der Waals surface area contributed by atoms with Gasteiger partial charge in [0.15, 0.2) is 0 Å². The number of rotatable bonds is 4. The maximum atomic E-state index is 12.2. The first-order chi connectivity index (χ1) is 9.83. The van der Waals surface area contributed by atoms with Crippen molar-refractivity contribution in [3.8, 4) is 0 Å². The van der Waals surface area contributed by atoms with E-state index in [4.69, 9.17) is 0 Å². The van der Waals surface area contributed by atoms with E-state index in [0.29, 0.717) is 12.8 Å². The van der Waals surface area contributed by atoms with Gasteiger partial charge in [0.1, 0.15) is 5.78 Å². The summed E-state index contributed by atoms with van der Waals surface area (Å²) in [7, 11) is 0. The number of para-hydroxylation sites is 1. The summed E-state index contributed by atoms with van der Waals surface area (Å²) < 4.78 is 0. The maximum absolute atomic E-state index is 12.2. The van der Waals surface area contributed by atoms with Crippen LogP contribution in [0.1, 0.15) is 11.3 Å². The molecular weight excluding hydrogens is 248 g/mol. The topological polar surface area (TPSA) is 42.9 Å². The minimum atomic E-state index is 0.167. The predicted octanol–water partition coefficient (Wildman–Crippen LogP) is 2.98. The molecule has 98 valence electrons. The molecule has 2 heterocycles. The summed E-state index contributed by atoms with van der Waals surface area (Å²) >= 11 is 0. The molecule has 0 saturated carbocycles. The third kappa shape index (κ3) is 2.72. The molecule has 0 aliphatic heterocycles. The van der Waals surface area contributed by atoms with Crippen LogP contribution in [0.25, 0.3) is 10.9 Å². The lowest BCUT2D eigenvalue weighted by Crippen LogP contribution is -2.08. The Kier molecular flexibility index (Phi) is 3.50. The molecule has 0 unspecified atom stereocenters. The summed E-state index contributed by atoms with van der Waals surface area (Å²) in [5.41, 5.74) is 2.77. The van der Waals surface area contributed by atoms with Crippen LogP contribution in [0.3, 0.4) is 0 Å². The Hall–Kier alpha value is -2.55. The summed E-state index contributed by atoms with van der Waals surface area (Å²) in [6.07, 6.45) is 4.26. The second-order valence-corrected chi connectivity index (χ2v) is 4.70. The van der Waals surface area contributed by atoms with Gasteiger partial charge in [-0.2, -0.15) is 0 Å². The number of ketones is 1. The largest absolute Gasteiger partial charge is 0.299 e. The Morgan fingerprint density at radius 1 is 0.850 bits per heavy atom. The second-order valence-electron chi connectivity index (χ2n) is 4.70. The fourth-order valence-electron chi connectivity index (χ4n) is 2.29. The molecule has 0 fully saturated rings. The Morgan fingerprint density at radius 3 is 2.55 bits per heavy atom. The number of fused-ring (bicyclic) bond motifs is 1. The molecule has 0 radical (unpaired) electrons. The van der Waals surface area contributed by atoms with Gasteiger partial charge < -0.3 is 0 Å². The van der Waals surface area contributed by atoms with E-state index >= 15 is 0 Å². The molecule has 0 aliphatic carbocycles. The van der Waals surface area contributed by atoms with Gasteiger partial charge in [0.25, 0.3) is 0 Å². The SMILES string of the molecule is O=C(Cc1ccccn1)Cc1ccnc2ccccc12. The fraction of sp³-hybridized carbons (Fsp3) is 0.118. The van der Waals surface area contributed by atoms with Crippen molar-refractivity contribution < 1.29 is 4.79 Å². The first-order valence-corrected chi connectivity index (χ1v) is 6.57. The molecule has 0 N–H and O–H groups in total. The molecule has 0 aliphatic rings. The molecule has 1 aromatic carbocycles. The monoisotopic (exact) mass is 262 g/mol. The molecule has 0 atom stereocenters. The van der Waals surface area contributed by atoms with Gasteiger partial charge in [-0.3, -0.25) is 14.8 Å². The summed E-state index contributed by atoms with van der Waals surface area (Å²) in [4.78, 5) is 20.7. The van der Waals surface area contributed by atoms with Crippen LogP contribution in [0.2, 0.25) is 0 Å². The zero-order chi connectivity index (χ0) is 13.8. The fourth-order valence-corrected chi connectivity index (χ4v) is 2.29. The Labute approximate surface area is 117 Å². The molecule has 3 heteroatoms. The number of nitrogens with zero attached hydrogens (tertiary/aromatic N) is 2. The third-order valence-electron chi connectivity index (χ3n) is 3.23. The van der Waals surface area contributed by atoms with Crippen molar-refractivity contribution in [2.75, 3.05) is 0 Å². The standard InChI is InChI=1S/C17H14N2O/c20-15(12-14-5-3-4-9-18-14)11-13-8-10-19-17-7-2-1-6-16(13)17/h1-10H,11-12H2. The van der Waals surface area contributed by atoms with E-state index in [1.807, 2.05) is 48.5 Å². The number of carbonyl (C=O) groups is 1. The van der Waals surface area contributed by atoms with Crippen molar-refractivity contribution in [2.24, 2.45) is 0 Å². The van der Waals surface area contributed by atoms with Crippen LogP contribution < -0.4 is 0 Å². The maximum Gasteiger partial charge on any atom is 0.143 e. The average molecular weight is 262 g/mol. The van der Waals surface area contributed by atoms with Crippen molar-refractivity contribution in [1.82, 2.24) is 9.97 Å². The third-order valence-corrected chi connectivity index (χ3v) is 3.23. The van der Waals surface area contributed by atoms with Gasteiger partial charge in [-0.1, -0.05) is 24.3 Å². The van der Waals surface area contributed by atoms with Crippen molar-refractivity contribution >= 4 is 16.7 Å². The highest BCUT2D eigenvalue weighted by Crippen LogP contribution is 2.17. The Morgan fingerprint density at radius 2 is 1.70 bits per heavy atom. The average Bonchev–Trinajstić information content (AvgIpc) is 2.48. The number of hydrogen-bond acceptors (Lipinski definition) is 3. The van der Waals surface area contributed by atoms with Crippen LogP contribution in [-0.2, 0) is 17.6 Å². The van der Waals surface area contributed by atoms with Crippen LogP contribution in [0.15, 0.2) is 60.9 Å². The first kappa shape index (κ1) is 12.5. The van der Waals surface area contributed by atoms with Crippen LogP contribution in [0, 0.1) is 0 Å². The van der Waals surface area contributed by atoms with E-state index in [1.54, 1.807) is 12.4 Å². The number of carbonyl (C=O) groups excluding carboxylic acids is 1.